The average Bonchev–Trinajstić information content (AvgIpc) is 2.47. The molecule has 0 aliphatic rings. The van der Waals surface area contributed by atoms with Crippen molar-refractivity contribution >= 4 is 11.9 Å². The second-order valence-electron chi connectivity index (χ2n) is 3.67. The predicted molar refractivity (Wildman–Crippen MR) is 74.4 cm³/mol. The molecule has 0 saturated carbocycles. The molecule has 0 atom stereocenters. The van der Waals surface area contributed by atoms with Gasteiger partial charge in [-0.3, -0.25) is 0 Å². The number of carboxylic acid groups (broad SMARTS) is 1. The minimum absolute atomic E-state index is 0.0241. The molecule has 5 nitrogen and oxygen atoms in total. The van der Waals surface area contributed by atoms with Gasteiger partial charge >= 0.3 is 11.9 Å². The summed E-state index contributed by atoms with van der Waals surface area (Å²) in [6.07, 6.45) is 2.88. The number of esters is 1. The molecule has 0 saturated heterocycles. The lowest BCUT2D eigenvalue weighted by Crippen LogP contribution is -2.12. The number of aromatic carboxylic acids is 1. The molecule has 20 heavy (non-hydrogen) atoms. The average molecular weight is 275 g/mol. The highest BCUT2D eigenvalue weighted by atomic mass is 16.5. The molecule has 1 aromatic rings. The summed E-state index contributed by atoms with van der Waals surface area (Å²) < 4.78 is 4.96. The Bertz CT molecular complexity index is 503. The van der Waals surface area contributed by atoms with E-state index in [2.05, 4.69) is 6.58 Å². The van der Waals surface area contributed by atoms with E-state index in [9.17, 15) is 9.59 Å². The van der Waals surface area contributed by atoms with Crippen molar-refractivity contribution in [3.05, 3.63) is 48.0 Å². The van der Waals surface area contributed by atoms with Gasteiger partial charge in [-0.15, -0.1) is 0 Å². The Hall–Kier alpha value is -2.61. The van der Waals surface area contributed by atoms with E-state index in [1.807, 2.05) is 6.92 Å². The molecule has 0 heterocycles. The maximum Gasteiger partial charge on any atom is 0.339 e. The Balaban J connectivity index is 0.000000796. The van der Waals surface area contributed by atoms with E-state index in [0.29, 0.717) is 6.61 Å². The van der Waals surface area contributed by atoms with Crippen LogP contribution in [0.2, 0.25) is 0 Å². The first-order valence-electron chi connectivity index (χ1n) is 6.08. The minimum Gasteiger partial charge on any atom is -0.478 e. The topological polar surface area (TPSA) is 87.4 Å². The number of carbonyl (C=O) groups excluding carboxylic acids is 1. The van der Waals surface area contributed by atoms with Crippen LogP contribution in [0.25, 0.3) is 0 Å². The van der Waals surface area contributed by atoms with Gasteiger partial charge in [-0.05, 0) is 18.6 Å². The lowest BCUT2D eigenvalue weighted by molar-refractivity contribution is 0.0489. The van der Waals surface area contributed by atoms with Crippen molar-refractivity contribution in [1.82, 2.24) is 0 Å². The second-order valence-corrected chi connectivity index (χ2v) is 3.67. The van der Waals surface area contributed by atoms with E-state index in [-0.39, 0.29) is 11.1 Å². The maximum atomic E-state index is 11.6. The van der Waals surface area contributed by atoms with Crippen LogP contribution in [0.5, 0.6) is 0 Å². The number of carboxylic acids is 1. The van der Waals surface area contributed by atoms with Crippen LogP contribution in [-0.4, -0.2) is 23.7 Å². The van der Waals surface area contributed by atoms with Crippen molar-refractivity contribution in [2.75, 3.05) is 6.61 Å². The molecule has 0 aliphatic carbocycles. The lowest BCUT2D eigenvalue weighted by Gasteiger charge is -2.06. The predicted octanol–water partition coefficient (Wildman–Crippen LogP) is 3.04. The summed E-state index contributed by atoms with van der Waals surface area (Å²) in [5.74, 6) is -1.70. The van der Waals surface area contributed by atoms with Crippen molar-refractivity contribution in [2.45, 2.75) is 19.8 Å². The van der Waals surface area contributed by atoms with E-state index >= 15 is 0 Å². The Labute approximate surface area is 118 Å². The number of hydrogen-bond acceptors (Lipinski definition) is 4. The number of nitrogens with zero attached hydrogens (tertiary/aromatic N) is 1. The highest BCUT2D eigenvalue weighted by molar-refractivity contribution is 6.02. The SMILES string of the molecule is C=CC#N.CCCCOC(=O)c1ccccc1C(=O)O. The Morgan fingerprint density at radius 3 is 2.40 bits per heavy atom. The summed E-state index contributed by atoms with van der Waals surface area (Å²) in [5, 5.41) is 16.4. The van der Waals surface area contributed by atoms with Crippen molar-refractivity contribution in [2.24, 2.45) is 0 Å². The number of unbranched alkanes of at least 4 members (excludes halogenated alkanes) is 1. The molecule has 106 valence electrons. The van der Waals surface area contributed by atoms with Crippen LogP contribution in [0.4, 0.5) is 0 Å². The zero-order chi connectivity index (χ0) is 15.4. The first kappa shape index (κ1) is 17.4. The molecule has 1 N–H and O–H groups in total. The highest BCUT2D eigenvalue weighted by Crippen LogP contribution is 2.10. The fourth-order valence-electron chi connectivity index (χ4n) is 1.23. The number of benzene rings is 1. The van der Waals surface area contributed by atoms with Gasteiger partial charge in [0, 0.05) is 6.08 Å². The summed E-state index contributed by atoms with van der Waals surface area (Å²) in [4.78, 5) is 22.4. The molecule has 0 aliphatic heterocycles. The fourth-order valence-corrected chi connectivity index (χ4v) is 1.23. The summed E-state index contributed by atoms with van der Waals surface area (Å²) in [6.45, 7) is 5.43. The van der Waals surface area contributed by atoms with Gasteiger partial charge in [-0.25, -0.2) is 9.59 Å². The maximum absolute atomic E-state index is 11.6. The molecule has 0 unspecified atom stereocenters. The van der Waals surface area contributed by atoms with Gasteiger partial charge in [0.2, 0.25) is 0 Å². The van der Waals surface area contributed by atoms with Crippen LogP contribution in [0.3, 0.4) is 0 Å². The minimum atomic E-state index is -1.12. The number of hydrogen-bond donors (Lipinski definition) is 1. The first-order valence-corrected chi connectivity index (χ1v) is 6.08. The molecule has 0 bridgehead atoms. The fraction of sp³-hybridized carbons (Fsp3) is 0.267. The Kier molecular flexibility index (Phi) is 8.98. The van der Waals surface area contributed by atoms with E-state index in [0.717, 1.165) is 12.8 Å². The normalized spacial score (nSPS) is 8.60. The standard InChI is InChI=1S/C12H14O4.C3H3N/c1-2-3-8-16-12(15)10-7-5-4-6-9(10)11(13)14;1-2-3-4/h4-7H,2-3,8H2,1H3,(H,13,14);2H,1H2. The first-order chi connectivity index (χ1) is 9.58. The molecule has 0 radical (unpaired) electrons. The van der Waals surface area contributed by atoms with Gasteiger partial charge in [0.25, 0.3) is 0 Å². The number of ether oxygens (including phenoxy) is 1. The summed E-state index contributed by atoms with van der Waals surface area (Å²) in [6, 6.07) is 7.73. The summed E-state index contributed by atoms with van der Waals surface area (Å²) in [5.41, 5.74) is 0.0788. The zero-order valence-electron chi connectivity index (χ0n) is 11.3. The van der Waals surface area contributed by atoms with E-state index < -0.39 is 11.9 Å². The summed E-state index contributed by atoms with van der Waals surface area (Å²) >= 11 is 0. The molecule has 1 rings (SSSR count). The molecule has 0 amide bonds. The van der Waals surface area contributed by atoms with Crippen molar-refractivity contribution in [1.29, 1.82) is 5.26 Å². The smallest absolute Gasteiger partial charge is 0.339 e. The third kappa shape index (κ3) is 6.36. The quantitative estimate of drug-likeness (QED) is 0.507. The molecule has 0 fully saturated rings. The summed E-state index contributed by atoms with van der Waals surface area (Å²) in [7, 11) is 0. The molecular formula is C15H17NO4. The second kappa shape index (κ2) is 10.3. The highest BCUT2D eigenvalue weighted by Gasteiger charge is 2.16. The molecule has 5 heteroatoms. The molecule has 0 aromatic heterocycles. The van der Waals surface area contributed by atoms with Gasteiger partial charge in [0.05, 0.1) is 23.8 Å². The third-order valence-electron chi connectivity index (χ3n) is 2.20. The molecule has 1 aromatic carbocycles. The van der Waals surface area contributed by atoms with Crippen LogP contribution in [-0.2, 0) is 4.74 Å². The third-order valence-corrected chi connectivity index (χ3v) is 2.20. The number of rotatable bonds is 5. The van der Waals surface area contributed by atoms with Crippen molar-refractivity contribution in [3.8, 4) is 6.07 Å². The largest absolute Gasteiger partial charge is 0.478 e. The lowest BCUT2D eigenvalue weighted by atomic mass is 10.1. The van der Waals surface area contributed by atoms with Crippen LogP contribution < -0.4 is 0 Å². The van der Waals surface area contributed by atoms with Gasteiger partial charge < -0.3 is 9.84 Å². The number of nitriles is 1. The van der Waals surface area contributed by atoms with Gasteiger partial charge in [-0.2, -0.15) is 5.26 Å². The van der Waals surface area contributed by atoms with Gasteiger partial charge in [0.15, 0.2) is 0 Å². The monoisotopic (exact) mass is 275 g/mol. The van der Waals surface area contributed by atoms with E-state index in [1.54, 1.807) is 18.2 Å². The van der Waals surface area contributed by atoms with E-state index in [1.165, 1.54) is 18.2 Å². The van der Waals surface area contributed by atoms with Gasteiger partial charge in [-0.1, -0.05) is 32.1 Å². The van der Waals surface area contributed by atoms with Gasteiger partial charge in [0.1, 0.15) is 0 Å². The van der Waals surface area contributed by atoms with Crippen LogP contribution in [0.1, 0.15) is 40.5 Å². The number of carbonyl (C=O) groups is 2. The zero-order valence-corrected chi connectivity index (χ0v) is 11.3. The van der Waals surface area contributed by atoms with Crippen molar-refractivity contribution in [3.63, 3.8) is 0 Å². The molecule has 0 spiro atoms. The Morgan fingerprint density at radius 1 is 1.40 bits per heavy atom. The van der Waals surface area contributed by atoms with Crippen LogP contribution >= 0.6 is 0 Å². The van der Waals surface area contributed by atoms with Crippen LogP contribution in [0, 0.1) is 11.3 Å². The van der Waals surface area contributed by atoms with E-state index in [4.69, 9.17) is 15.1 Å². The number of allylic oxidation sites excluding steroid dienone is 1. The van der Waals surface area contributed by atoms with Crippen molar-refractivity contribution < 1.29 is 19.4 Å². The molecular weight excluding hydrogens is 258 g/mol. The van der Waals surface area contributed by atoms with Crippen LogP contribution in [0.15, 0.2) is 36.9 Å². The Morgan fingerprint density at radius 2 is 1.95 bits per heavy atom.